The molecule has 1 nitrogen and oxygen atoms in total. The van der Waals surface area contributed by atoms with Crippen molar-refractivity contribution < 1.29 is 5.11 Å². The Bertz CT molecular complexity index is 591. The third kappa shape index (κ3) is 8.58. The minimum Gasteiger partial charge on any atom is -0.387 e. The normalized spacial score (nSPS) is 12.7. The molecule has 1 aromatic rings. The lowest BCUT2D eigenvalue weighted by Gasteiger charge is -2.03. The van der Waals surface area contributed by atoms with Crippen LogP contribution in [0.4, 0.5) is 0 Å². The number of hydrogen-bond acceptors (Lipinski definition) is 2. The van der Waals surface area contributed by atoms with Crippen LogP contribution in [-0.4, -0.2) is 11.0 Å². The van der Waals surface area contributed by atoms with E-state index in [0.717, 1.165) is 36.1 Å². The Labute approximate surface area is 163 Å². The minimum absolute atomic E-state index is 0.500. The van der Waals surface area contributed by atoms with Crippen molar-refractivity contribution >= 4 is 46.1 Å². The molecule has 0 aromatic carbocycles. The van der Waals surface area contributed by atoms with Gasteiger partial charge >= 0.3 is 0 Å². The molecule has 1 aromatic heterocycles. The third-order valence-electron chi connectivity index (χ3n) is 3.23. The van der Waals surface area contributed by atoms with Crippen LogP contribution in [0.1, 0.15) is 50.0 Å². The molecule has 1 atom stereocenters. The summed E-state index contributed by atoms with van der Waals surface area (Å²) >= 11 is 19.0. The summed E-state index contributed by atoms with van der Waals surface area (Å²) in [7, 11) is 0. The van der Waals surface area contributed by atoms with Gasteiger partial charge in [-0.2, -0.15) is 0 Å². The number of allylic oxidation sites excluding steroid dienone is 4. The number of aliphatic hydroxyl groups excluding tert-OH is 1. The van der Waals surface area contributed by atoms with E-state index in [-0.39, 0.29) is 0 Å². The first-order valence-electron chi connectivity index (χ1n) is 8.00. The summed E-state index contributed by atoms with van der Waals surface area (Å²) < 4.78 is 0.524. The van der Waals surface area contributed by atoms with Gasteiger partial charge in [0.15, 0.2) is 0 Å². The Morgan fingerprint density at radius 2 is 2.04 bits per heavy atom. The molecule has 0 fully saturated rings. The number of halogens is 3. The van der Waals surface area contributed by atoms with Crippen molar-refractivity contribution in [2.75, 3.05) is 5.88 Å². The van der Waals surface area contributed by atoms with Crippen LogP contribution in [0.15, 0.2) is 47.8 Å². The summed E-state index contributed by atoms with van der Waals surface area (Å²) in [6.07, 6.45) is 14.1. The van der Waals surface area contributed by atoms with E-state index < -0.39 is 6.10 Å². The van der Waals surface area contributed by atoms with E-state index in [0.29, 0.717) is 21.7 Å². The van der Waals surface area contributed by atoms with Crippen LogP contribution < -0.4 is 0 Å². The molecule has 1 rings (SSSR count). The predicted octanol–water partition coefficient (Wildman–Crippen LogP) is 7.49. The van der Waals surface area contributed by atoms with Crippen molar-refractivity contribution in [3.05, 3.63) is 62.0 Å². The van der Waals surface area contributed by atoms with E-state index in [1.54, 1.807) is 6.07 Å². The van der Waals surface area contributed by atoms with Crippen LogP contribution in [0.2, 0.25) is 9.36 Å². The van der Waals surface area contributed by atoms with Gasteiger partial charge in [0.25, 0.3) is 0 Å². The zero-order valence-electron chi connectivity index (χ0n) is 13.8. The zero-order valence-corrected chi connectivity index (χ0v) is 16.9. The molecule has 0 aliphatic carbocycles. The maximum atomic E-state index is 10.1. The largest absolute Gasteiger partial charge is 0.387 e. The average molecular weight is 406 g/mol. The fraction of sp³-hybridized carbons (Fsp3) is 0.421. The summed E-state index contributed by atoms with van der Waals surface area (Å²) in [6, 6.07) is 1.72. The maximum Gasteiger partial charge on any atom is 0.112 e. The second-order valence-electron chi connectivity index (χ2n) is 5.24. The van der Waals surface area contributed by atoms with E-state index in [1.807, 2.05) is 12.2 Å². The first-order valence-corrected chi connectivity index (χ1v) is 10.1. The summed E-state index contributed by atoms with van der Waals surface area (Å²) in [6.45, 7) is 2.11. The lowest BCUT2D eigenvalue weighted by Crippen LogP contribution is -1.91. The topological polar surface area (TPSA) is 20.2 Å². The summed E-state index contributed by atoms with van der Waals surface area (Å²) in [4.78, 5) is 0.796. The summed E-state index contributed by atoms with van der Waals surface area (Å²) in [5, 5.41) is 10.6. The van der Waals surface area contributed by atoms with Crippen LogP contribution in [0.5, 0.6) is 0 Å². The number of unbranched alkanes of at least 4 members (excludes halogenated alkanes) is 1. The molecular formula is C19H23Cl3OS. The molecule has 5 heteroatoms. The zero-order chi connectivity index (χ0) is 17.8. The van der Waals surface area contributed by atoms with E-state index in [1.165, 1.54) is 11.3 Å². The third-order valence-corrected chi connectivity index (χ3v) is 5.52. The van der Waals surface area contributed by atoms with Gasteiger partial charge in [-0.3, -0.25) is 0 Å². The molecule has 1 N–H and O–H groups in total. The second kappa shape index (κ2) is 12.8. The van der Waals surface area contributed by atoms with Crippen LogP contribution >= 0.6 is 46.1 Å². The lowest BCUT2D eigenvalue weighted by molar-refractivity contribution is 0.185. The summed E-state index contributed by atoms with van der Waals surface area (Å²) in [5.41, 5.74) is 4.36. The molecule has 1 heterocycles. The SMILES string of the molecule is CC/C=C\CC(=C=CCC/C=C/C[C@H](O)c1cc(Cl)c(Cl)s1)CCl. The highest BCUT2D eigenvalue weighted by molar-refractivity contribution is 7.17. The number of hydrogen-bond donors (Lipinski definition) is 1. The molecule has 0 unspecified atom stereocenters. The predicted molar refractivity (Wildman–Crippen MR) is 109 cm³/mol. The van der Waals surface area contributed by atoms with Gasteiger partial charge in [0.1, 0.15) is 4.34 Å². The molecule has 0 aliphatic heterocycles. The highest BCUT2D eigenvalue weighted by atomic mass is 35.5. The fourth-order valence-corrected chi connectivity index (χ4v) is 3.51. The molecular weight excluding hydrogens is 383 g/mol. The van der Waals surface area contributed by atoms with Gasteiger partial charge < -0.3 is 5.11 Å². The van der Waals surface area contributed by atoms with Gasteiger partial charge in [-0.25, -0.2) is 0 Å². The Morgan fingerprint density at radius 3 is 2.67 bits per heavy atom. The molecule has 0 bridgehead atoms. The Morgan fingerprint density at radius 1 is 1.25 bits per heavy atom. The highest BCUT2D eigenvalue weighted by Gasteiger charge is 2.11. The van der Waals surface area contributed by atoms with Crippen LogP contribution in [-0.2, 0) is 0 Å². The van der Waals surface area contributed by atoms with Crippen LogP contribution in [0.3, 0.4) is 0 Å². The van der Waals surface area contributed by atoms with Crippen molar-refractivity contribution in [1.82, 2.24) is 0 Å². The van der Waals surface area contributed by atoms with E-state index in [4.69, 9.17) is 34.8 Å². The van der Waals surface area contributed by atoms with E-state index in [9.17, 15) is 5.11 Å². The Kier molecular flexibility index (Phi) is 11.5. The maximum absolute atomic E-state index is 10.1. The summed E-state index contributed by atoms with van der Waals surface area (Å²) in [5.74, 6) is 0.512. The molecule has 132 valence electrons. The molecule has 0 radical (unpaired) electrons. The van der Waals surface area contributed by atoms with Gasteiger partial charge in [-0.05, 0) is 49.8 Å². The van der Waals surface area contributed by atoms with Crippen molar-refractivity contribution in [3.63, 3.8) is 0 Å². The van der Waals surface area contributed by atoms with Gasteiger partial charge in [0.2, 0.25) is 0 Å². The smallest absolute Gasteiger partial charge is 0.112 e. The van der Waals surface area contributed by atoms with Crippen molar-refractivity contribution in [2.45, 2.75) is 45.1 Å². The first-order chi connectivity index (χ1) is 11.6. The minimum atomic E-state index is -0.556. The number of aliphatic hydroxyl groups is 1. The van der Waals surface area contributed by atoms with Gasteiger partial charge in [0.05, 0.1) is 17.0 Å². The van der Waals surface area contributed by atoms with Crippen molar-refractivity contribution in [1.29, 1.82) is 0 Å². The van der Waals surface area contributed by atoms with Crippen molar-refractivity contribution in [2.24, 2.45) is 0 Å². The van der Waals surface area contributed by atoms with Crippen LogP contribution in [0.25, 0.3) is 0 Å². The van der Waals surface area contributed by atoms with E-state index >= 15 is 0 Å². The van der Waals surface area contributed by atoms with Crippen LogP contribution in [0, 0.1) is 0 Å². The van der Waals surface area contributed by atoms with Crippen molar-refractivity contribution in [3.8, 4) is 0 Å². The fourth-order valence-electron chi connectivity index (χ4n) is 1.93. The van der Waals surface area contributed by atoms with Gasteiger partial charge in [0, 0.05) is 4.88 Å². The molecule has 24 heavy (non-hydrogen) atoms. The Balaban J connectivity index is 2.34. The first kappa shape index (κ1) is 21.6. The monoisotopic (exact) mass is 404 g/mol. The highest BCUT2D eigenvalue weighted by Crippen LogP contribution is 2.35. The number of alkyl halides is 1. The lowest BCUT2D eigenvalue weighted by atomic mass is 10.1. The average Bonchev–Trinajstić information content (AvgIpc) is 2.91. The molecule has 0 aliphatic rings. The van der Waals surface area contributed by atoms with Gasteiger partial charge in [-0.1, -0.05) is 54.4 Å². The van der Waals surface area contributed by atoms with E-state index in [2.05, 4.69) is 30.9 Å². The molecule has 0 spiro atoms. The Hall–Kier alpha value is -0.470. The second-order valence-corrected chi connectivity index (χ2v) is 7.60. The number of thiophene rings is 1. The molecule has 0 saturated carbocycles. The van der Waals surface area contributed by atoms with Gasteiger partial charge in [-0.15, -0.1) is 28.7 Å². The standard InChI is InChI=1S/C19H23Cl3OS/c1-2-3-7-10-15(14-20)11-8-5-4-6-9-12-17(23)18-13-16(21)19(22)24-18/h3,6-9,13,17,23H,2,4-5,10,12,14H2,1H3/b7-3-,9-6+/t11?,17-/m0/s1. The molecule has 0 saturated heterocycles. The quantitative estimate of drug-likeness (QED) is 0.185. The molecule has 0 amide bonds. The number of rotatable bonds is 10.